The summed E-state index contributed by atoms with van der Waals surface area (Å²) in [6.07, 6.45) is 1.04. The number of carboxylic acids is 1. The molecule has 1 aromatic carbocycles. The molecule has 1 saturated heterocycles. The Bertz CT molecular complexity index is 500. The number of hydrogen-bond donors (Lipinski definition) is 1. The molecule has 0 aromatic heterocycles. The molecule has 2 rings (SSSR count). The number of hydrogen-bond acceptors (Lipinski definition) is 3. The molecule has 0 radical (unpaired) electrons. The average molecular weight is 277 g/mol. The van der Waals surface area contributed by atoms with Crippen molar-refractivity contribution in [3.8, 4) is 5.75 Å². The molecule has 1 fully saturated rings. The molecule has 0 unspecified atom stereocenters. The lowest BCUT2D eigenvalue weighted by molar-refractivity contribution is -0.141. The van der Waals surface area contributed by atoms with Crippen molar-refractivity contribution in [3.63, 3.8) is 0 Å². The van der Waals surface area contributed by atoms with Gasteiger partial charge in [0, 0.05) is 19.5 Å². The van der Waals surface area contributed by atoms with Gasteiger partial charge < -0.3 is 14.7 Å². The van der Waals surface area contributed by atoms with Gasteiger partial charge in [0.25, 0.3) is 0 Å². The van der Waals surface area contributed by atoms with Crippen molar-refractivity contribution in [2.75, 3.05) is 13.2 Å². The molecule has 0 aliphatic carbocycles. The van der Waals surface area contributed by atoms with Crippen molar-refractivity contribution in [1.29, 1.82) is 0 Å². The van der Waals surface area contributed by atoms with E-state index in [2.05, 4.69) is 0 Å². The first-order chi connectivity index (χ1) is 9.60. The number of carbonyl (C=O) groups is 2. The Morgan fingerprint density at radius 1 is 1.50 bits per heavy atom. The number of nitrogens with zero attached hydrogens (tertiary/aromatic N) is 1. The maximum Gasteiger partial charge on any atom is 0.308 e. The maximum atomic E-state index is 11.8. The Morgan fingerprint density at radius 3 is 2.95 bits per heavy atom. The smallest absolute Gasteiger partial charge is 0.308 e. The van der Waals surface area contributed by atoms with Crippen LogP contribution in [-0.2, 0) is 16.1 Å². The van der Waals surface area contributed by atoms with Gasteiger partial charge in [-0.2, -0.15) is 0 Å². The molecule has 1 heterocycles. The van der Waals surface area contributed by atoms with Gasteiger partial charge in [0.2, 0.25) is 5.91 Å². The molecule has 1 amide bonds. The van der Waals surface area contributed by atoms with Crippen LogP contribution < -0.4 is 4.74 Å². The molecule has 1 aliphatic rings. The van der Waals surface area contributed by atoms with Crippen LogP contribution in [-0.4, -0.2) is 35.0 Å². The zero-order valence-corrected chi connectivity index (χ0v) is 11.5. The monoisotopic (exact) mass is 277 g/mol. The minimum Gasteiger partial charge on any atom is -0.494 e. The molecule has 108 valence electrons. The second-order valence-corrected chi connectivity index (χ2v) is 5.01. The van der Waals surface area contributed by atoms with Crippen LogP contribution in [0.4, 0.5) is 0 Å². The highest BCUT2D eigenvalue weighted by molar-refractivity contribution is 5.86. The van der Waals surface area contributed by atoms with Crippen LogP contribution in [0.15, 0.2) is 24.3 Å². The van der Waals surface area contributed by atoms with E-state index in [1.165, 1.54) is 0 Å². The lowest BCUT2D eigenvalue weighted by Crippen LogP contribution is -2.25. The van der Waals surface area contributed by atoms with Crippen molar-refractivity contribution in [2.24, 2.45) is 5.92 Å². The van der Waals surface area contributed by atoms with Gasteiger partial charge in [-0.3, -0.25) is 9.59 Å². The van der Waals surface area contributed by atoms with Crippen LogP contribution in [0.2, 0.25) is 0 Å². The zero-order chi connectivity index (χ0) is 14.5. The number of benzene rings is 1. The van der Waals surface area contributed by atoms with E-state index in [9.17, 15) is 9.59 Å². The fraction of sp³-hybridized carbons (Fsp3) is 0.467. The molecule has 1 atom stereocenters. The third-order valence-electron chi connectivity index (χ3n) is 3.31. The summed E-state index contributed by atoms with van der Waals surface area (Å²) >= 11 is 0. The Labute approximate surface area is 118 Å². The third kappa shape index (κ3) is 3.50. The average Bonchev–Trinajstić information content (AvgIpc) is 2.79. The Balaban J connectivity index is 1.99. The summed E-state index contributed by atoms with van der Waals surface area (Å²) in [7, 11) is 0. The van der Waals surface area contributed by atoms with E-state index in [-0.39, 0.29) is 18.9 Å². The highest BCUT2D eigenvalue weighted by Gasteiger charge is 2.34. The fourth-order valence-corrected chi connectivity index (χ4v) is 2.26. The van der Waals surface area contributed by atoms with E-state index in [1.807, 2.05) is 31.2 Å². The summed E-state index contributed by atoms with van der Waals surface area (Å²) in [5.41, 5.74) is 0.956. The second kappa shape index (κ2) is 6.41. The van der Waals surface area contributed by atoms with Crippen LogP contribution >= 0.6 is 0 Å². The van der Waals surface area contributed by atoms with Gasteiger partial charge in [0.05, 0.1) is 12.5 Å². The van der Waals surface area contributed by atoms with Gasteiger partial charge in [-0.15, -0.1) is 0 Å². The number of rotatable bonds is 6. The van der Waals surface area contributed by atoms with Crippen LogP contribution in [0.25, 0.3) is 0 Å². The molecule has 1 N–H and O–H groups in total. The highest BCUT2D eigenvalue weighted by atomic mass is 16.5. The van der Waals surface area contributed by atoms with Crippen LogP contribution in [0.5, 0.6) is 5.75 Å². The quantitative estimate of drug-likeness (QED) is 0.862. The number of aliphatic carboxylic acids is 1. The molecule has 0 bridgehead atoms. The normalized spacial score (nSPS) is 18.4. The van der Waals surface area contributed by atoms with E-state index < -0.39 is 11.9 Å². The number of carboxylic acid groups (broad SMARTS) is 1. The molecule has 1 aliphatic heterocycles. The molecule has 0 spiro atoms. The summed E-state index contributed by atoms with van der Waals surface area (Å²) in [6.45, 7) is 3.42. The minimum absolute atomic E-state index is 0.0986. The predicted molar refractivity (Wildman–Crippen MR) is 73.4 cm³/mol. The third-order valence-corrected chi connectivity index (χ3v) is 3.31. The Hall–Kier alpha value is -2.04. The molecule has 5 heteroatoms. The fourth-order valence-electron chi connectivity index (χ4n) is 2.26. The zero-order valence-electron chi connectivity index (χ0n) is 11.5. The molecule has 0 saturated carbocycles. The lowest BCUT2D eigenvalue weighted by atomic mass is 10.1. The van der Waals surface area contributed by atoms with Gasteiger partial charge in [0.15, 0.2) is 0 Å². The van der Waals surface area contributed by atoms with E-state index in [0.29, 0.717) is 13.2 Å². The minimum atomic E-state index is -0.902. The SMILES string of the molecule is CCCOc1cccc(CN2C[C@@H](C(=O)O)CC2=O)c1. The number of likely N-dealkylation sites (tertiary alicyclic amines) is 1. The summed E-state index contributed by atoms with van der Waals surface area (Å²) in [4.78, 5) is 24.3. The highest BCUT2D eigenvalue weighted by Crippen LogP contribution is 2.22. The number of carbonyl (C=O) groups excluding carboxylic acids is 1. The van der Waals surface area contributed by atoms with E-state index in [0.717, 1.165) is 17.7 Å². The molecule has 20 heavy (non-hydrogen) atoms. The van der Waals surface area contributed by atoms with Gasteiger partial charge >= 0.3 is 5.97 Å². The maximum absolute atomic E-state index is 11.8. The van der Waals surface area contributed by atoms with Gasteiger partial charge in [-0.05, 0) is 24.1 Å². The predicted octanol–water partition coefficient (Wildman–Crippen LogP) is 1.91. The topological polar surface area (TPSA) is 66.8 Å². The molecule has 1 aromatic rings. The molecular weight excluding hydrogens is 258 g/mol. The first-order valence-electron chi connectivity index (χ1n) is 6.82. The second-order valence-electron chi connectivity index (χ2n) is 5.01. The standard InChI is InChI=1S/C15H19NO4/c1-2-6-20-13-5-3-4-11(7-13)9-16-10-12(15(18)19)8-14(16)17/h3-5,7,12H,2,6,8-10H2,1H3,(H,18,19)/t12-/m0/s1. The Kier molecular flexibility index (Phi) is 4.61. The van der Waals surface area contributed by atoms with Crippen molar-refractivity contribution >= 4 is 11.9 Å². The van der Waals surface area contributed by atoms with Crippen molar-refractivity contribution in [3.05, 3.63) is 29.8 Å². The van der Waals surface area contributed by atoms with E-state index in [4.69, 9.17) is 9.84 Å². The Morgan fingerprint density at radius 2 is 2.30 bits per heavy atom. The van der Waals surface area contributed by atoms with Crippen molar-refractivity contribution < 1.29 is 19.4 Å². The van der Waals surface area contributed by atoms with Crippen LogP contribution in [0.3, 0.4) is 0 Å². The van der Waals surface area contributed by atoms with Gasteiger partial charge in [-0.25, -0.2) is 0 Å². The summed E-state index contributed by atoms with van der Waals surface area (Å²) in [6, 6.07) is 7.58. The van der Waals surface area contributed by atoms with E-state index in [1.54, 1.807) is 4.90 Å². The summed E-state index contributed by atoms with van der Waals surface area (Å²) in [5.74, 6) is -0.800. The first-order valence-corrected chi connectivity index (χ1v) is 6.82. The lowest BCUT2D eigenvalue weighted by Gasteiger charge is -2.16. The molecule has 5 nitrogen and oxygen atoms in total. The summed E-state index contributed by atoms with van der Waals surface area (Å²) < 4.78 is 5.55. The van der Waals surface area contributed by atoms with Crippen molar-refractivity contribution in [1.82, 2.24) is 4.90 Å². The van der Waals surface area contributed by atoms with Crippen molar-refractivity contribution in [2.45, 2.75) is 26.3 Å². The van der Waals surface area contributed by atoms with Crippen LogP contribution in [0.1, 0.15) is 25.3 Å². The van der Waals surface area contributed by atoms with Gasteiger partial charge in [-0.1, -0.05) is 19.1 Å². The number of ether oxygens (including phenoxy) is 1. The molecular formula is C15H19NO4. The van der Waals surface area contributed by atoms with Crippen LogP contribution in [0, 0.1) is 5.92 Å². The van der Waals surface area contributed by atoms with Gasteiger partial charge in [0.1, 0.15) is 5.75 Å². The van der Waals surface area contributed by atoms with E-state index >= 15 is 0 Å². The summed E-state index contributed by atoms with van der Waals surface area (Å²) in [5, 5.41) is 8.96. The largest absolute Gasteiger partial charge is 0.494 e. The first kappa shape index (κ1) is 14.4. The number of amides is 1.